The van der Waals surface area contributed by atoms with E-state index in [2.05, 4.69) is 10.1 Å². The fraction of sp³-hybridized carbons (Fsp3) is 0.833. The maximum atomic E-state index is 12.0. The molecule has 5 nitrogen and oxygen atoms in total. The molecule has 0 bridgehead atoms. The number of nitrogens with zero attached hydrogens (tertiary/aromatic N) is 1. The van der Waals surface area contributed by atoms with Crippen molar-refractivity contribution in [1.29, 1.82) is 0 Å². The minimum atomic E-state index is -0.220. The molecule has 0 radical (unpaired) electrons. The first kappa shape index (κ1) is 14.0. The minimum absolute atomic E-state index is 0.0689. The van der Waals surface area contributed by atoms with Crippen molar-refractivity contribution in [3.05, 3.63) is 0 Å². The van der Waals surface area contributed by atoms with Gasteiger partial charge in [-0.15, -0.1) is 0 Å². The van der Waals surface area contributed by atoms with Gasteiger partial charge < -0.3 is 15.0 Å². The van der Waals surface area contributed by atoms with Crippen LogP contribution in [0.25, 0.3) is 0 Å². The summed E-state index contributed by atoms with van der Waals surface area (Å²) in [6, 6.07) is 0. The Morgan fingerprint density at radius 1 is 1.47 bits per heavy atom. The lowest BCUT2D eigenvalue weighted by Crippen LogP contribution is -2.50. The van der Waals surface area contributed by atoms with Gasteiger partial charge in [-0.25, -0.2) is 0 Å². The van der Waals surface area contributed by atoms with Gasteiger partial charge in [-0.3, -0.25) is 9.59 Å². The largest absolute Gasteiger partial charge is 0.469 e. The molecule has 1 aliphatic rings. The number of hydrogen-bond donors (Lipinski definition) is 1. The van der Waals surface area contributed by atoms with E-state index in [1.165, 1.54) is 7.11 Å². The van der Waals surface area contributed by atoms with E-state index >= 15 is 0 Å². The SMILES string of the molecule is COC(=O)CCCN(C)C(=O)C(C)C1CNC1. The lowest BCUT2D eigenvalue weighted by molar-refractivity contribution is -0.142. The summed E-state index contributed by atoms with van der Waals surface area (Å²) < 4.78 is 4.55. The predicted molar refractivity (Wildman–Crippen MR) is 64.4 cm³/mol. The normalized spacial score (nSPS) is 17.1. The third kappa shape index (κ3) is 4.00. The molecule has 0 aromatic heterocycles. The fourth-order valence-corrected chi connectivity index (χ4v) is 1.89. The Morgan fingerprint density at radius 2 is 2.12 bits per heavy atom. The van der Waals surface area contributed by atoms with Gasteiger partial charge in [0.1, 0.15) is 0 Å². The number of amides is 1. The Kier molecular flexibility index (Phi) is 5.41. The van der Waals surface area contributed by atoms with Crippen LogP contribution in [0.4, 0.5) is 0 Å². The molecule has 0 spiro atoms. The maximum absolute atomic E-state index is 12.0. The van der Waals surface area contributed by atoms with Crippen LogP contribution in [0.5, 0.6) is 0 Å². The standard InChI is InChI=1S/C12H22N2O3/c1-9(10-7-13-8-10)12(16)14(2)6-4-5-11(15)17-3/h9-10,13H,4-8H2,1-3H3. The molecule has 17 heavy (non-hydrogen) atoms. The number of hydrogen-bond acceptors (Lipinski definition) is 4. The molecule has 0 saturated carbocycles. The Labute approximate surface area is 102 Å². The molecule has 1 atom stereocenters. The number of carbonyl (C=O) groups is 2. The summed E-state index contributed by atoms with van der Waals surface area (Å²) in [5.74, 6) is 0.480. The average Bonchev–Trinajstić information content (AvgIpc) is 2.25. The van der Waals surface area contributed by atoms with Crippen LogP contribution in [0.1, 0.15) is 19.8 Å². The number of nitrogens with one attached hydrogen (secondary N) is 1. The van der Waals surface area contributed by atoms with E-state index in [1.54, 1.807) is 11.9 Å². The molecule has 1 N–H and O–H groups in total. The second-order valence-corrected chi connectivity index (χ2v) is 4.65. The molecule has 1 fully saturated rings. The molecular weight excluding hydrogens is 220 g/mol. The number of methoxy groups -OCH3 is 1. The summed E-state index contributed by atoms with van der Waals surface area (Å²) >= 11 is 0. The monoisotopic (exact) mass is 242 g/mol. The zero-order valence-corrected chi connectivity index (χ0v) is 10.9. The van der Waals surface area contributed by atoms with Gasteiger partial charge in [-0.1, -0.05) is 6.92 Å². The Hall–Kier alpha value is -1.10. The van der Waals surface area contributed by atoms with Crippen LogP contribution in [0.15, 0.2) is 0 Å². The van der Waals surface area contributed by atoms with Crippen molar-refractivity contribution in [2.24, 2.45) is 11.8 Å². The first-order chi connectivity index (χ1) is 8.06. The first-order valence-corrected chi connectivity index (χ1v) is 6.08. The van der Waals surface area contributed by atoms with Crippen molar-refractivity contribution in [3.63, 3.8) is 0 Å². The lowest BCUT2D eigenvalue weighted by Gasteiger charge is -2.33. The fourth-order valence-electron chi connectivity index (χ4n) is 1.89. The van der Waals surface area contributed by atoms with Crippen molar-refractivity contribution in [2.45, 2.75) is 19.8 Å². The zero-order valence-electron chi connectivity index (χ0n) is 10.9. The van der Waals surface area contributed by atoms with Crippen LogP contribution >= 0.6 is 0 Å². The van der Waals surface area contributed by atoms with E-state index in [0.29, 0.717) is 25.3 Å². The summed E-state index contributed by atoms with van der Waals surface area (Å²) in [7, 11) is 3.17. The zero-order chi connectivity index (χ0) is 12.8. The molecular formula is C12H22N2O3. The van der Waals surface area contributed by atoms with Gasteiger partial charge in [-0.05, 0) is 25.4 Å². The van der Waals surface area contributed by atoms with Crippen molar-refractivity contribution in [1.82, 2.24) is 10.2 Å². The summed E-state index contributed by atoms with van der Waals surface area (Å²) in [6.07, 6.45) is 1.03. The van der Waals surface area contributed by atoms with Crippen molar-refractivity contribution in [3.8, 4) is 0 Å². The molecule has 0 aromatic rings. The third-order valence-corrected chi connectivity index (χ3v) is 3.39. The smallest absolute Gasteiger partial charge is 0.305 e. The van der Waals surface area contributed by atoms with Crippen LogP contribution in [0.3, 0.4) is 0 Å². The highest BCUT2D eigenvalue weighted by Crippen LogP contribution is 2.18. The number of ether oxygens (including phenoxy) is 1. The van der Waals surface area contributed by atoms with Crippen LogP contribution in [0.2, 0.25) is 0 Å². The molecule has 1 aliphatic heterocycles. The van der Waals surface area contributed by atoms with Gasteiger partial charge in [0.15, 0.2) is 0 Å². The van der Waals surface area contributed by atoms with Crippen molar-refractivity contribution < 1.29 is 14.3 Å². The highest BCUT2D eigenvalue weighted by Gasteiger charge is 2.30. The molecule has 1 amide bonds. The summed E-state index contributed by atoms with van der Waals surface area (Å²) in [6.45, 7) is 4.45. The summed E-state index contributed by atoms with van der Waals surface area (Å²) in [5.41, 5.74) is 0. The van der Waals surface area contributed by atoms with E-state index in [1.807, 2.05) is 6.92 Å². The van der Waals surface area contributed by atoms with E-state index < -0.39 is 0 Å². The number of esters is 1. The maximum Gasteiger partial charge on any atom is 0.305 e. The highest BCUT2D eigenvalue weighted by molar-refractivity contribution is 5.78. The molecule has 1 unspecified atom stereocenters. The average molecular weight is 242 g/mol. The first-order valence-electron chi connectivity index (χ1n) is 6.08. The molecule has 1 saturated heterocycles. The minimum Gasteiger partial charge on any atom is -0.469 e. The van der Waals surface area contributed by atoms with Gasteiger partial charge in [0.05, 0.1) is 7.11 Å². The van der Waals surface area contributed by atoms with Gasteiger partial charge in [-0.2, -0.15) is 0 Å². The molecule has 0 aliphatic carbocycles. The quantitative estimate of drug-likeness (QED) is 0.678. The van der Waals surface area contributed by atoms with E-state index in [0.717, 1.165) is 13.1 Å². The Bertz CT molecular complexity index is 277. The van der Waals surface area contributed by atoms with E-state index in [4.69, 9.17) is 0 Å². The van der Waals surface area contributed by atoms with E-state index in [9.17, 15) is 9.59 Å². The second kappa shape index (κ2) is 6.59. The number of carbonyl (C=O) groups excluding carboxylic acids is 2. The summed E-state index contributed by atoms with van der Waals surface area (Å²) in [4.78, 5) is 24.6. The summed E-state index contributed by atoms with van der Waals surface area (Å²) in [5, 5.41) is 3.17. The van der Waals surface area contributed by atoms with Crippen LogP contribution < -0.4 is 5.32 Å². The van der Waals surface area contributed by atoms with Crippen molar-refractivity contribution in [2.75, 3.05) is 33.8 Å². The van der Waals surface area contributed by atoms with Gasteiger partial charge in [0.2, 0.25) is 5.91 Å². The lowest BCUT2D eigenvalue weighted by atomic mass is 9.88. The van der Waals surface area contributed by atoms with Gasteiger partial charge >= 0.3 is 5.97 Å². The van der Waals surface area contributed by atoms with Gasteiger partial charge in [0, 0.05) is 25.9 Å². The highest BCUT2D eigenvalue weighted by atomic mass is 16.5. The Balaban J connectivity index is 2.23. The van der Waals surface area contributed by atoms with E-state index in [-0.39, 0.29) is 17.8 Å². The topological polar surface area (TPSA) is 58.6 Å². The molecule has 1 rings (SSSR count). The van der Waals surface area contributed by atoms with Crippen LogP contribution in [0, 0.1) is 11.8 Å². The van der Waals surface area contributed by atoms with Gasteiger partial charge in [0.25, 0.3) is 0 Å². The molecule has 5 heteroatoms. The van der Waals surface area contributed by atoms with Crippen LogP contribution in [-0.4, -0.2) is 50.6 Å². The Morgan fingerprint density at radius 3 is 2.59 bits per heavy atom. The second-order valence-electron chi connectivity index (χ2n) is 4.65. The molecule has 0 aromatic carbocycles. The third-order valence-electron chi connectivity index (χ3n) is 3.39. The molecule has 1 heterocycles. The number of rotatable bonds is 6. The predicted octanol–water partition coefficient (Wildman–Crippen LogP) is 0.254. The van der Waals surface area contributed by atoms with Crippen LogP contribution in [-0.2, 0) is 14.3 Å². The van der Waals surface area contributed by atoms with Crippen molar-refractivity contribution >= 4 is 11.9 Å². The molecule has 98 valence electrons.